The molecule has 0 unspecified atom stereocenters. The van der Waals surface area contributed by atoms with Crippen LogP contribution in [0, 0.1) is 26.0 Å². The molecule has 0 N–H and O–H groups in total. The van der Waals surface area contributed by atoms with Gasteiger partial charge in [-0.1, -0.05) is 68.6 Å². The Morgan fingerprint density at radius 1 is 0.750 bits per heavy atom. The number of hydrogen-bond donors (Lipinski definition) is 0. The Kier molecular flexibility index (Phi) is 9.82. The maximum atomic E-state index is 6.48. The molecule has 0 aliphatic rings. The van der Waals surface area contributed by atoms with E-state index >= 15 is 0 Å². The van der Waals surface area contributed by atoms with E-state index in [1.54, 1.807) is 13.3 Å². The molecule has 0 saturated carbocycles. The van der Waals surface area contributed by atoms with Crippen LogP contribution in [-0.4, -0.2) is 26.4 Å². The minimum Gasteiger partial charge on any atom is -0.509 e. The summed E-state index contributed by atoms with van der Waals surface area (Å²) < 4.78 is 16.2. The summed E-state index contributed by atoms with van der Waals surface area (Å²) in [5.74, 6) is 2.68. The Bertz CT molecular complexity index is 2210. The maximum absolute atomic E-state index is 6.48. The quantitative estimate of drug-likeness (QED) is 0.104. The molecule has 0 aliphatic carbocycles. The van der Waals surface area contributed by atoms with Crippen molar-refractivity contribution in [3.05, 3.63) is 126 Å². The van der Waals surface area contributed by atoms with Crippen molar-refractivity contribution in [3.63, 3.8) is 0 Å². The number of fused-ring (bicyclic) bond motifs is 3. The molecule has 3 heterocycles. The third kappa shape index (κ3) is 6.05. The fraction of sp³-hybridized carbons (Fsp3) is 0.220. The van der Waals surface area contributed by atoms with Gasteiger partial charge in [0.15, 0.2) is 0 Å². The number of para-hydroxylation sites is 1. The summed E-state index contributed by atoms with van der Waals surface area (Å²) in [6, 6.07) is 35.7. The van der Waals surface area contributed by atoms with Crippen molar-refractivity contribution in [2.45, 2.75) is 53.4 Å². The van der Waals surface area contributed by atoms with E-state index in [9.17, 15) is 0 Å². The van der Waals surface area contributed by atoms with E-state index in [0.29, 0.717) is 11.5 Å². The molecule has 0 aliphatic heterocycles. The average Bonchev–Trinajstić information content (AvgIpc) is 3.60. The minimum absolute atomic E-state index is 0. The first-order chi connectivity index (χ1) is 23.0. The zero-order valence-corrected chi connectivity index (χ0v) is 29.5. The number of nitrogens with zero attached hydrogens (tertiary/aromatic N) is 4. The molecule has 0 saturated heterocycles. The molecule has 0 spiro atoms. The second kappa shape index (κ2) is 14.2. The van der Waals surface area contributed by atoms with Crippen molar-refractivity contribution in [1.82, 2.24) is 19.3 Å². The van der Waals surface area contributed by atoms with E-state index in [1.165, 1.54) is 27.9 Å². The predicted molar refractivity (Wildman–Crippen MR) is 189 cm³/mol. The molecule has 0 atom stereocenters. The number of benzene rings is 4. The van der Waals surface area contributed by atoms with Crippen molar-refractivity contribution in [2.24, 2.45) is 0 Å². The molecule has 0 amide bonds. The smallest absolute Gasteiger partial charge is 0.509 e. The van der Waals surface area contributed by atoms with Gasteiger partial charge in [-0.05, 0) is 66.6 Å². The Morgan fingerprint density at radius 2 is 1.50 bits per heavy atom. The van der Waals surface area contributed by atoms with Crippen LogP contribution in [0.15, 0.2) is 91.1 Å². The Hall–Kier alpha value is -4.70. The molecule has 7 heteroatoms. The van der Waals surface area contributed by atoms with Crippen molar-refractivity contribution in [3.8, 4) is 39.9 Å². The van der Waals surface area contributed by atoms with Gasteiger partial charge in [-0.3, -0.25) is 4.68 Å². The number of ether oxygens (including phenoxy) is 2. The Balaban J connectivity index is 0.00000401. The summed E-state index contributed by atoms with van der Waals surface area (Å²) in [6.07, 6.45) is 5.61. The van der Waals surface area contributed by atoms with E-state index in [-0.39, 0.29) is 20.4 Å². The maximum Gasteiger partial charge on any atom is 2.00 e. The number of pyridine rings is 1. The van der Waals surface area contributed by atoms with E-state index in [4.69, 9.17) is 14.6 Å². The molecule has 7 aromatic rings. The van der Waals surface area contributed by atoms with Crippen LogP contribution >= 0.6 is 0 Å². The molecule has 3 aromatic heterocycles. The van der Waals surface area contributed by atoms with Crippen molar-refractivity contribution in [1.29, 1.82) is 0 Å². The normalized spacial score (nSPS) is 11.2. The predicted octanol–water partition coefficient (Wildman–Crippen LogP) is 9.95. The van der Waals surface area contributed by atoms with E-state index in [2.05, 4.69) is 103 Å². The van der Waals surface area contributed by atoms with Crippen LogP contribution in [0.2, 0.25) is 0 Å². The van der Waals surface area contributed by atoms with Crippen molar-refractivity contribution < 1.29 is 29.9 Å². The van der Waals surface area contributed by atoms with Crippen LogP contribution in [0.5, 0.6) is 17.2 Å². The van der Waals surface area contributed by atoms with Crippen LogP contribution in [0.3, 0.4) is 0 Å². The van der Waals surface area contributed by atoms with E-state index in [1.807, 2.05) is 36.4 Å². The molecular weight excluding hydrogens is 687 g/mol. The van der Waals surface area contributed by atoms with Gasteiger partial charge in [0.25, 0.3) is 0 Å². The van der Waals surface area contributed by atoms with Crippen LogP contribution in [0.4, 0.5) is 0 Å². The first-order valence-corrected chi connectivity index (χ1v) is 16.3. The zero-order chi connectivity index (χ0) is 32.5. The van der Waals surface area contributed by atoms with Gasteiger partial charge in [0.05, 0.1) is 12.8 Å². The van der Waals surface area contributed by atoms with Gasteiger partial charge in [0.1, 0.15) is 11.6 Å². The largest absolute Gasteiger partial charge is 2.00 e. The average molecular weight is 725 g/mol. The fourth-order valence-electron chi connectivity index (χ4n) is 6.64. The number of rotatable bonds is 10. The van der Waals surface area contributed by atoms with Crippen LogP contribution in [-0.2, 0) is 33.3 Å². The topological polar surface area (TPSA) is 54.1 Å². The van der Waals surface area contributed by atoms with Gasteiger partial charge < -0.3 is 14.0 Å². The number of hydrogen-bond acceptors (Lipinski definition) is 4. The summed E-state index contributed by atoms with van der Waals surface area (Å²) >= 11 is 0. The molecule has 0 radical (unpaired) electrons. The van der Waals surface area contributed by atoms with Gasteiger partial charge in [-0.15, -0.1) is 35.7 Å². The van der Waals surface area contributed by atoms with Crippen LogP contribution < -0.4 is 9.47 Å². The molecule has 48 heavy (non-hydrogen) atoms. The van der Waals surface area contributed by atoms with Gasteiger partial charge in [0, 0.05) is 40.5 Å². The summed E-state index contributed by atoms with van der Waals surface area (Å²) in [6.45, 7) is 8.83. The summed E-state index contributed by atoms with van der Waals surface area (Å²) in [5, 5.41) is 7.41. The number of aryl methyl sites for hydroxylation is 3. The van der Waals surface area contributed by atoms with Crippen LogP contribution in [0.25, 0.3) is 44.4 Å². The zero-order valence-electron chi connectivity index (χ0n) is 27.9. The Morgan fingerprint density at radius 3 is 2.27 bits per heavy atom. The van der Waals surface area contributed by atoms with Gasteiger partial charge in [-0.2, -0.15) is 17.2 Å². The standard InChI is InChI=1S/C41H38N4O2.Pd/c1-6-12-35-41(40-27(3)14-10-15-28(40)4)37(13-7-2)45(43-35)29-16-11-17-31(24-29)47-32-20-21-34-33-18-8-9-19-36(33)44(38(34)25-32)39-26-30(46-5)22-23-42-39;/h8-11,14-23,26H,6-7,12-13H2,1-5H3;/q-2;+2. The SMILES string of the molecule is CCCc1nn(-c2[c-]c(Oc3[c-]c4c(cc3)c3ccccc3n4-c3cc(OC)ccn3)ccc2)c(CCC)c1-c1c(C)cccc1C.[Pd+2]. The molecule has 7 rings (SSSR count). The van der Waals surface area contributed by atoms with Gasteiger partial charge in [0.2, 0.25) is 0 Å². The van der Waals surface area contributed by atoms with E-state index < -0.39 is 0 Å². The molecule has 4 aromatic carbocycles. The second-order valence-electron chi connectivity index (χ2n) is 11.9. The first kappa shape index (κ1) is 33.2. The van der Waals surface area contributed by atoms with Crippen molar-refractivity contribution in [2.75, 3.05) is 7.11 Å². The van der Waals surface area contributed by atoms with Gasteiger partial charge >= 0.3 is 20.4 Å². The number of aromatic nitrogens is 4. The number of methoxy groups -OCH3 is 1. The summed E-state index contributed by atoms with van der Waals surface area (Å²) in [5.41, 5.74) is 10.2. The fourth-order valence-corrected chi connectivity index (χ4v) is 6.64. The third-order valence-electron chi connectivity index (χ3n) is 8.70. The van der Waals surface area contributed by atoms with E-state index in [0.717, 1.165) is 70.4 Å². The summed E-state index contributed by atoms with van der Waals surface area (Å²) in [7, 11) is 1.66. The second-order valence-corrected chi connectivity index (χ2v) is 11.9. The van der Waals surface area contributed by atoms with Crippen molar-refractivity contribution >= 4 is 21.8 Å². The monoisotopic (exact) mass is 724 g/mol. The first-order valence-electron chi connectivity index (χ1n) is 16.3. The third-order valence-corrected chi connectivity index (χ3v) is 8.70. The molecule has 244 valence electrons. The molecule has 0 bridgehead atoms. The minimum atomic E-state index is 0. The molecule has 0 fully saturated rings. The van der Waals surface area contributed by atoms with Crippen LogP contribution in [0.1, 0.15) is 49.2 Å². The van der Waals surface area contributed by atoms with Gasteiger partial charge in [-0.25, -0.2) is 4.98 Å². The summed E-state index contributed by atoms with van der Waals surface area (Å²) in [4.78, 5) is 4.67. The molecular formula is C41H38N4O2Pd. The molecule has 6 nitrogen and oxygen atoms in total. The Labute approximate surface area is 296 Å².